The lowest BCUT2D eigenvalue weighted by Gasteiger charge is -2.07. The molecule has 3 aromatic heterocycles. The molecular weight excluding hydrogens is 348 g/mol. The molecule has 1 aromatic carbocycles. The van der Waals surface area contributed by atoms with Gasteiger partial charge in [0.05, 0.1) is 0 Å². The molecule has 8 heteroatoms. The molecule has 7 nitrogen and oxygen atoms in total. The van der Waals surface area contributed by atoms with E-state index in [-0.39, 0.29) is 11.1 Å². The van der Waals surface area contributed by atoms with Crippen molar-refractivity contribution in [2.45, 2.75) is 6.92 Å². The number of nitrogens with zero attached hydrogens (tertiary/aromatic N) is 6. The molecule has 0 aliphatic rings. The van der Waals surface area contributed by atoms with E-state index in [0.29, 0.717) is 17.1 Å². The van der Waals surface area contributed by atoms with Gasteiger partial charge >= 0.3 is 0 Å². The number of fused-ring (bicyclic) bond motifs is 3. The van der Waals surface area contributed by atoms with Gasteiger partial charge in [-0.25, -0.2) is 0 Å². The van der Waals surface area contributed by atoms with Crippen molar-refractivity contribution in [1.29, 1.82) is 0 Å². The van der Waals surface area contributed by atoms with Gasteiger partial charge in [0, 0.05) is 16.4 Å². The SMILES string of the molecule is Cc1nc2nnc3c(=O)n(-c4ccc(Br)cc4)ccc3n2n1. The molecule has 0 aliphatic heterocycles. The predicted octanol–water partition coefficient (Wildman–Crippen LogP) is 1.89. The topological polar surface area (TPSA) is 78.0 Å². The van der Waals surface area contributed by atoms with Crippen LogP contribution < -0.4 is 5.56 Å². The molecule has 4 aromatic rings. The third-order valence-electron chi connectivity index (χ3n) is 3.31. The van der Waals surface area contributed by atoms with Crippen molar-refractivity contribution in [2.24, 2.45) is 0 Å². The Balaban J connectivity index is 2.03. The van der Waals surface area contributed by atoms with Crippen molar-refractivity contribution >= 4 is 32.7 Å². The predicted molar refractivity (Wildman–Crippen MR) is 84.1 cm³/mol. The maximum atomic E-state index is 12.7. The first-order valence-corrected chi connectivity index (χ1v) is 7.30. The Hall–Kier alpha value is -2.61. The van der Waals surface area contributed by atoms with Crippen LogP contribution in [-0.4, -0.2) is 29.4 Å². The molecule has 22 heavy (non-hydrogen) atoms. The van der Waals surface area contributed by atoms with Crippen molar-refractivity contribution in [2.75, 3.05) is 0 Å². The molecule has 0 saturated heterocycles. The smallest absolute Gasteiger partial charge is 0.282 e. The van der Waals surface area contributed by atoms with Crippen molar-refractivity contribution in [3.63, 3.8) is 0 Å². The fourth-order valence-corrected chi connectivity index (χ4v) is 2.57. The highest BCUT2D eigenvalue weighted by Gasteiger charge is 2.12. The van der Waals surface area contributed by atoms with E-state index in [1.807, 2.05) is 24.3 Å². The number of rotatable bonds is 1. The van der Waals surface area contributed by atoms with Crippen LogP contribution in [0, 0.1) is 6.92 Å². The number of pyridine rings is 1. The Labute approximate surface area is 132 Å². The number of hydrogen-bond donors (Lipinski definition) is 0. The lowest BCUT2D eigenvalue weighted by atomic mass is 10.3. The quantitative estimate of drug-likeness (QED) is 0.520. The number of aryl methyl sites for hydroxylation is 1. The zero-order chi connectivity index (χ0) is 15.3. The summed E-state index contributed by atoms with van der Waals surface area (Å²) in [6.45, 7) is 1.77. The summed E-state index contributed by atoms with van der Waals surface area (Å²) >= 11 is 3.38. The molecule has 0 aliphatic carbocycles. The van der Waals surface area contributed by atoms with Gasteiger partial charge in [0.15, 0.2) is 5.52 Å². The first-order valence-electron chi connectivity index (χ1n) is 6.51. The van der Waals surface area contributed by atoms with E-state index in [4.69, 9.17) is 0 Å². The highest BCUT2D eigenvalue weighted by atomic mass is 79.9. The van der Waals surface area contributed by atoms with Crippen LogP contribution in [0.5, 0.6) is 0 Å². The van der Waals surface area contributed by atoms with E-state index in [0.717, 1.165) is 10.2 Å². The molecule has 0 fully saturated rings. The Kier molecular flexibility index (Phi) is 2.80. The van der Waals surface area contributed by atoms with Gasteiger partial charge < -0.3 is 0 Å². The van der Waals surface area contributed by atoms with Gasteiger partial charge in [-0.05, 0) is 37.3 Å². The lowest BCUT2D eigenvalue weighted by Crippen LogP contribution is -2.20. The average Bonchev–Trinajstić information content (AvgIpc) is 2.89. The summed E-state index contributed by atoms with van der Waals surface area (Å²) in [5.74, 6) is 0.963. The van der Waals surface area contributed by atoms with Gasteiger partial charge in [-0.1, -0.05) is 15.9 Å². The monoisotopic (exact) mass is 356 g/mol. The van der Waals surface area contributed by atoms with E-state index in [1.165, 1.54) is 9.08 Å². The largest absolute Gasteiger partial charge is 0.285 e. The van der Waals surface area contributed by atoms with Crippen LogP contribution in [0.15, 0.2) is 45.8 Å². The van der Waals surface area contributed by atoms with Crippen molar-refractivity contribution in [3.8, 4) is 5.69 Å². The Bertz CT molecular complexity index is 1070. The van der Waals surface area contributed by atoms with Gasteiger partial charge in [0.2, 0.25) is 0 Å². The molecule has 0 radical (unpaired) electrons. The highest BCUT2D eigenvalue weighted by Crippen LogP contribution is 2.14. The fraction of sp³-hybridized carbons (Fsp3) is 0.0714. The minimum atomic E-state index is -0.248. The number of benzene rings is 1. The van der Waals surface area contributed by atoms with E-state index in [9.17, 15) is 4.79 Å². The van der Waals surface area contributed by atoms with E-state index in [2.05, 4.69) is 36.2 Å². The average molecular weight is 357 g/mol. The standard InChI is InChI=1S/C14H9BrN6O/c1-8-16-14-18-17-12-11(21(14)19-8)6-7-20(13(12)22)10-4-2-9(15)3-5-10/h2-7H,1H3. The van der Waals surface area contributed by atoms with Gasteiger partial charge in [0.1, 0.15) is 11.3 Å². The van der Waals surface area contributed by atoms with Crippen LogP contribution in [0.25, 0.3) is 22.5 Å². The number of hydrogen-bond acceptors (Lipinski definition) is 5. The van der Waals surface area contributed by atoms with Crippen molar-refractivity contribution < 1.29 is 0 Å². The molecule has 0 bridgehead atoms. The molecule has 0 saturated carbocycles. The fourth-order valence-electron chi connectivity index (χ4n) is 2.31. The van der Waals surface area contributed by atoms with Crippen molar-refractivity contribution in [3.05, 3.63) is 57.2 Å². The molecule has 3 heterocycles. The molecular formula is C14H9BrN6O. The molecule has 0 spiro atoms. The Morgan fingerprint density at radius 1 is 1.09 bits per heavy atom. The van der Waals surface area contributed by atoms with Gasteiger partial charge in [0.25, 0.3) is 11.3 Å². The molecule has 0 N–H and O–H groups in total. The zero-order valence-corrected chi connectivity index (χ0v) is 13.0. The minimum Gasteiger partial charge on any atom is -0.282 e. The number of aromatic nitrogens is 6. The maximum Gasteiger partial charge on any atom is 0.285 e. The second-order valence-electron chi connectivity index (χ2n) is 4.77. The second kappa shape index (κ2) is 4.70. The lowest BCUT2D eigenvalue weighted by molar-refractivity contribution is 0.905. The molecule has 4 rings (SSSR count). The first-order chi connectivity index (χ1) is 10.6. The van der Waals surface area contributed by atoms with Crippen LogP contribution in [0.1, 0.15) is 5.82 Å². The van der Waals surface area contributed by atoms with E-state index in [1.54, 1.807) is 19.2 Å². The van der Waals surface area contributed by atoms with Gasteiger partial charge in [-0.3, -0.25) is 9.36 Å². The van der Waals surface area contributed by atoms with Crippen molar-refractivity contribution in [1.82, 2.24) is 29.4 Å². The summed E-state index contributed by atoms with van der Waals surface area (Å²) in [6.07, 6.45) is 1.70. The summed E-state index contributed by atoms with van der Waals surface area (Å²) in [5.41, 5.74) is 1.35. The summed E-state index contributed by atoms with van der Waals surface area (Å²) in [4.78, 5) is 16.8. The Morgan fingerprint density at radius 3 is 2.64 bits per heavy atom. The third kappa shape index (κ3) is 1.92. The van der Waals surface area contributed by atoms with E-state index >= 15 is 0 Å². The van der Waals surface area contributed by atoms with Crippen LogP contribution in [0.2, 0.25) is 0 Å². The van der Waals surface area contributed by atoms with Crippen LogP contribution in [0.4, 0.5) is 0 Å². The van der Waals surface area contributed by atoms with Gasteiger partial charge in [-0.15, -0.1) is 15.3 Å². The normalized spacial score (nSPS) is 11.4. The molecule has 0 amide bonds. The zero-order valence-electron chi connectivity index (χ0n) is 11.4. The van der Waals surface area contributed by atoms with Crippen LogP contribution in [0.3, 0.4) is 0 Å². The summed E-state index contributed by atoms with van der Waals surface area (Å²) in [6, 6.07) is 9.24. The minimum absolute atomic E-state index is 0.248. The highest BCUT2D eigenvalue weighted by molar-refractivity contribution is 9.10. The third-order valence-corrected chi connectivity index (χ3v) is 3.84. The molecule has 0 unspecified atom stereocenters. The summed E-state index contributed by atoms with van der Waals surface area (Å²) < 4.78 is 4.01. The second-order valence-corrected chi connectivity index (χ2v) is 5.69. The van der Waals surface area contributed by atoms with E-state index < -0.39 is 0 Å². The summed E-state index contributed by atoms with van der Waals surface area (Å²) in [5, 5.41) is 12.2. The first kappa shape index (κ1) is 13.1. The number of halogens is 1. The summed E-state index contributed by atoms with van der Waals surface area (Å²) in [7, 11) is 0. The van der Waals surface area contributed by atoms with Gasteiger partial charge in [-0.2, -0.15) is 9.50 Å². The van der Waals surface area contributed by atoms with Crippen LogP contribution in [-0.2, 0) is 0 Å². The maximum absolute atomic E-state index is 12.7. The molecule has 0 atom stereocenters. The molecule has 108 valence electrons. The van der Waals surface area contributed by atoms with Crippen LogP contribution >= 0.6 is 15.9 Å². The Morgan fingerprint density at radius 2 is 1.86 bits per heavy atom.